The molecule has 0 saturated carbocycles. The minimum atomic E-state index is -0.794. The van der Waals surface area contributed by atoms with Gasteiger partial charge in [-0.25, -0.2) is 23.5 Å². The van der Waals surface area contributed by atoms with Crippen LogP contribution in [0.15, 0.2) is 12.4 Å². The zero-order chi connectivity index (χ0) is 29.5. The molecule has 2 atom stereocenters. The average molecular weight is 592 g/mol. The Morgan fingerprint density at radius 1 is 1.21 bits per heavy atom. The van der Waals surface area contributed by atoms with E-state index < -0.39 is 23.3 Å². The molecule has 3 aromatic heterocycles. The first-order valence-electron chi connectivity index (χ1n) is 13.6. The number of carbonyl (C=O) groups is 1. The van der Waals surface area contributed by atoms with E-state index in [9.17, 15) is 10.1 Å². The molecule has 3 aliphatic rings. The fourth-order valence-electron chi connectivity index (χ4n) is 6.25. The molecule has 0 aliphatic carbocycles. The van der Waals surface area contributed by atoms with E-state index in [4.69, 9.17) is 14.5 Å². The molecule has 0 spiro atoms. The maximum absolute atomic E-state index is 16.7. The van der Waals surface area contributed by atoms with Gasteiger partial charge in [0.1, 0.15) is 22.2 Å². The Kier molecular flexibility index (Phi) is 6.09. The van der Waals surface area contributed by atoms with Gasteiger partial charge in [0.05, 0.1) is 41.4 Å². The van der Waals surface area contributed by atoms with Crippen molar-refractivity contribution in [1.29, 1.82) is 5.26 Å². The van der Waals surface area contributed by atoms with Gasteiger partial charge < -0.3 is 14.4 Å². The van der Waals surface area contributed by atoms with Crippen molar-refractivity contribution in [1.82, 2.24) is 19.9 Å². The number of pyridine rings is 1. The first kappa shape index (κ1) is 26.9. The van der Waals surface area contributed by atoms with Crippen LogP contribution in [0.25, 0.3) is 32.2 Å². The number of hydrogen-bond donors (Lipinski definition) is 1. The van der Waals surface area contributed by atoms with E-state index in [1.54, 1.807) is 27.0 Å². The molecule has 0 bridgehead atoms. The van der Waals surface area contributed by atoms with Gasteiger partial charge in [-0.2, -0.15) is 5.26 Å². The van der Waals surface area contributed by atoms with E-state index in [-0.39, 0.29) is 56.7 Å². The molecule has 7 rings (SSSR count). The van der Waals surface area contributed by atoms with Gasteiger partial charge in [-0.05, 0) is 45.4 Å². The lowest BCUT2D eigenvalue weighted by Crippen LogP contribution is -2.60. The predicted octanol–water partition coefficient (Wildman–Crippen LogP) is 5.33. The zero-order valence-corrected chi connectivity index (χ0v) is 24.2. The standard InChI is InChI=1S/C29H27F2N7O3S/c1-29(2,3)41-28(39)36-26-13(7-32)21-24(33-9-17(30)25(21)42-26)20-16-12-40-11-15(16)14-8-34-27(35-23(14)22(20)31)38-6-5-18-19(38)10-37(18)4/h8-9,18-19H,5-6,10-12H2,1-4H3,(H,36,39)/t18-,19-/m0/s1. The molecule has 2 saturated heterocycles. The molecule has 1 amide bonds. The van der Waals surface area contributed by atoms with Crippen molar-refractivity contribution in [3.8, 4) is 17.3 Å². The molecule has 0 unspecified atom stereocenters. The highest BCUT2D eigenvalue weighted by molar-refractivity contribution is 7.23. The van der Waals surface area contributed by atoms with Crippen LogP contribution in [0.4, 0.5) is 24.5 Å². The first-order valence-corrected chi connectivity index (χ1v) is 14.4. The highest BCUT2D eigenvalue weighted by Crippen LogP contribution is 2.46. The van der Waals surface area contributed by atoms with Gasteiger partial charge in [-0.3, -0.25) is 15.2 Å². The number of halogens is 2. The number of carbonyl (C=O) groups excluding carboxylic acids is 1. The van der Waals surface area contributed by atoms with Crippen LogP contribution < -0.4 is 10.2 Å². The smallest absolute Gasteiger partial charge is 0.412 e. The topological polar surface area (TPSA) is 116 Å². The molecule has 4 aromatic rings. The van der Waals surface area contributed by atoms with Gasteiger partial charge in [-0.1, -0.05) is 0 Å². The van der Waals surface area contributed by atoms with Crippen LogP contribution in [-0.4, -0.2) is 63.8 Å². The summed E-state index contributed by atoms with van der Waals surface area (Å²) in [6.45, 7) is 7.13. The second-order valence-corrected chi connectivity index (χ2v) is 12.9. The third-order valence-corrected chi connectivity index (χ3v) is 9.24. The number of likely N-dealkylation sites (N-methyl/N-ethyl adjacent to an activating group) is 1. The molecule has 13 heteroatoms. The highest BCUT2D eigenvalue weighted by atomic mass is 32.1. The molecule has 2 fully saturated rings. The van der Waals surface area contributed by atoms with Crippen molar-refractivity contribution in [2.45, 2.75) is 58.1 Å². The molecule has 1 aromatic carbocycles. The van der Waals surface area contributed by atoms with Gasteiger partial charge >= 0.3 is 6.09 Å². The molecule has 42 heavy (non-hydrogen) atoms. The lowest BCUT2D eigenvalue weighted by molar-refractivity contribution is 0.0636. The van der Waals surface area contributed by atoms with Crippen LogP contribution in [0.1, 0.15) is 43.9 Å². The summed E-state index contributed by atoms with van der Waals surface area (Å²) in [5.74, 6) is -0.877. The van der Waals surface area contributed by atoms with Gasteiger partial charge in [-0.15, -0.1) is 11.3 Å². The maximum atomic E-state index is 16.7. The molecule has 0 radical (unpaired) electrons. The van der Waals surface area contributed by atoms with E-state index in [1.165, 1.54) is 0 Å². The fourth-order valence-corrected chi connectivity index (χ4v) is 7.29. The number of likely N-dealkylation sites (tertiary alicyclic amines) is 1. The van der Waals surface area contributed by atoms with Crippen molar-refractivity contribution < 1.29 is 23.0 Å². The van der Waals surface area contributed by atoms with E-state index in [0.717, 1.165) is 42.6 Å². The summed E-state index contributed by atoms with van der Waals surface area (Å²) in [7, 11) is 2.09. The van der Waals surface area contributed by atoms with Crippen molar-refractivity contribution >= 4 is 49.4 Å². The van der Waals surface area contributed by atoms with E-state index >= 15 is 8.78 Å². The van der Waals surface area contributed by atoms with Crippen LogP contribution in [0.2, 0.25) is 0 Å². The van der Waals surface area contributed by atoms with Gasteiger partial charge in [0.15, 0.2) is 11.6 Å². The second-order valence-electron chi connectivity index (χ2n) is 11.8. The average Bonchev–Trinajstić information content (AvgIpc) is 3.64. The number of anilines is 2. The molecule has 216 valence electrons. The Morgan fingerprint density at radius 3 is 2.71 bits per heavy atom. The largest absolute Gasteiger partial charge is 0.444 e. The summed E-state index contributed by atoms with van der Waals surface area (Å²) in [5, 5.41) is 13.4. The Labute approximate surface area is 243 Å². The number of thiophene rings is 1. The third kappa shape index (κ3) is 4.08. The number of hydrogen-bond acceptors (Lipinski definition) is 10. The number of amides is 1. The van der Waals surface area contributed by atoms with E-state index in [0.29, 0.717) is 22.9 Å². The zero-order valence-electron chi connectivity index (χ0n) is 23.4. The quantitative estimate of drug-likeness (QED) is 0.338. The molecular formula is C29H27F2N7O3S. The van der Waals surface area contributed by atoms with Crippen LogP contribution in [0, 0.1) is 23.0 Å². The Morgan fingerprint density at radius 2 is 2.00 bits per heavy atom. The van der Waals surface area contributed by atoms with Crippen molar-refractivity contribution in [2.75, 3.05) is 30.4 Å². The third-order valence-electron chi connectivity index (χ3n) is 8.13. The van der Waals surface area contributed by atoms with Crippen molar-refractivity contribution in [3.05, 3.63) is 40.7 Å². The molecule has 3 aliphatic heterocycles. The van der Waals surface area contributed by atoms with Crippen molar-refractivity contribution in [3.63, 3.8) is 0 Å². The molecule has 6 heterocycles. The van der Waals surface area contributed by atoms with Gasteiger partial charge in [0.2, 0.25) is 5.95 Å². The number of nitrogens with one attached hydrogen (secondary N) is 1. The fraction of sp³-hybridized carbons (Fsp3) is 0.414. The van der Waals surface area contributed by atoms with E-state index in [1.807, 2.05) is 0 Å². The number of nitrogens with zero attached hydrogens (tertiary/aromatic N) is 6. The Hall–Kier alpha value is -3.99. The SMILES string of the molecule is CN1C[C@H]2[C@@H]1CCN2c1ncc2c3c(c(-c4ncc(F)c5sc(NC(=O)OC(C)(C)C)c(C#N)c45)c(F)c2n1)COC3. The van der Waals surface area contributed by atoms with Crippen LogP contribution >= 0.6 is 11.3 Å². The number of nitriles is 1. The minimum absolute atomic E-state index is 0.0318. The summed E-state index contributed by atoms with van der Waals surface area (Å²) in [5.41, 5.74) is 0.771. The number of ether oxygens (including phenoxy) is 2. The van der Waals surface area contributed by atoms with Gasteiger partial charge in [0.25, 0.3) is 0 Å². The van der Waals surface area contributed by atoms with Crippen LogP contribution in [-0.2, 0) is 22.7 Å². The van der Waals surface area contributed by atoms with Crippen molar-refractivity contribution in [2.24, 2.45) is 0 Å². The minimum Gasteiger partial charge on any atom is -0.444 e. The Balaban J connectivity index is 1.40. The van der Waals surface area contributed by atoms with Gasteiger partial charge in [0, 0.05) is 41.7 Å². The molecule has 1 N–H and O–H groups in total. The molecular weight excluding hydrogens is 564 g/mol. The summed E-state index contributed by atoms with van der Waals surface area (Å²) in [4.78, 5) is 30.6. The predicted molar refractivity (Wildman–Crippen MR) is 153 cm³/mol. The summed E-state index contributed by atoms with van der Waals surface area (Å²) < 4.78 is 43.0. The van der Waals surface area contributed by atoms with E-state index in [2.05, 4.69) is 38.2 Å². The summed E-state index contributed by atoms with van der Waals surface area (Å²) in [6, 6.07) is 2.77. The number of rotatable bonds is 3. The number of benzene rings is 1. The summed E-state index contributed by atoms with van der Waals surface area (Å²) in [6.07, 6.45) is 2.84. The Bertz CT molecular complexity index is 1850. The lowest BCUT2D eigenvalue weighted by Gasteiger charge is -2.44. The monoisotopic (exact) mass is 591 g/mol. The maximum Gasteiger partial charge on any atom is 0.412 e. The first-order chi connectivity index (χ1) is 20.1. The lowest BCUT2D eigenvalue weighted by atomic mass is 9.94. The highest BCUT2D eigenvalue weighted by Gasteiger charge is 2.46. The second kappa shape index (κ2) is 9.52. The number of aromatic nitrogens is 3. The van der Waals surface area contributed by atoms with Crippen LogP contribution in [0.3, 0.4) is 0 Å². The normalized spacial score (nSPS) is 20.0. The van der Waals surface area contributed by atoms with Crippen LogP contribution in [0.5, 0.6) is 0 Å². The molecule has 10 nitrogen and oxygen atoms in total. The number of fused-ring (bicyclic) bond motifs is 5. The summed E-state index contributed by atoms with van der Waals surface area (Å²) >= 11 is 0.868.